The third-order valence-corrected chi connectivity index (χ3v) is 6.64. The van der Waals surface area contributed by atoms with Crippen LogP contribution in [0.25, 0.3) is 11.4 Å². The van der Waals surface area contributed by atoms with E-state index in [0.717, 1.165) is 34.2 Å². The van der Waals surface area contributed by atoms with Crippen molar-refractivity contribution in [2.45, 2.75) is 78.1 Å². The van der Waals surface area contributed by atoms with E-state index in [9.17, 15) is 4.79 Å². The highest BCUT2D eigenvalue weighted by atomic mass is 79.9. The van der Waals surface area contributed by atoms with Gasteiger partial charge in [0.2, 0.25) is 0 Å². The number of unbranched alkanes of at least 4 members (excludes halogenated alkanes) is 7. The van der Waals surface area contributed by atoms with Crippen LogP contribution >= 0.6 is 15.9 Å². The zero-order chi connectivity index (χ0) is 25.6. The third kappa shape index (κ3) is 9.05. The van der Waals surface area contributed by atoms with E-state index in [1.807, 2.05) is 24.5 Å². The van der Waals surface area contributed by atoms with Gasteiger partial charge in [-0.05, 0) is 83.2 Å². The van der Waals surface area contributed by atoms with Crippen molar-refractivity contribution in [3.8, 4) is 22.9 Å². The molecule has 192 valence electrons. The van der Waals surface area contributed by atoms with Gasteiger partial charge in [-0.25, -0.2) is 14.8 Å². The zero-order valence-electron chi connectivity index (χ0n) is 21.5. The minimum Gasteiger partial charge on any atom is -0.492 e. The van der Waals surface area contributed by atoms with Gasteiger partial charge in [-0.1, -0.05) is 58.8 Å². The van der Waals surface area contributed by atoms with Crippen LogP contribution in [0.5, 0.6) is 11.5 Å². The Morgan fingerprint density at radius 1 is 0.833 bits per heavy atom. The Balaban J connectivity index is 1.50. The SMILES string of the molecule is CCCCCCCOc1ccc(C(=O)Oc2ccc(-c3ncc(CCCCCC)cn3)cc2)cc1Br. The lowest BCUT2D eigenvalue weighted by atomic mass is 10.1. The molecule has 0 spiro atoms. The maximum absolute atomic E-state index is 12.6. The lowest BCUT2D eigenvalue weighted by Gasteiger charge is -2.10. The van der Waals surface area contributed by atoms with Gasteiger partial charge in [0.1, 0.15) is 11.5 Å². The first-order chi connectivity index (χ1) is 17.6. The average Bonchev–Trinajstić information content (AvgIpc) is 2.90. The molecule has 0 fully saturated rings. The first-order valence-electron chi connectivity index (χ1n) is 13.2. The summed E-state index contributed by atoms with van der Waals surface area (Å²) >= 11 is 3.51. The summed E-state index contributed by atoms with van der Waals surface area (Å²) in [5.74, 6) is 1.45. The van der Waals surface area contributed by atoms with Crippen molar-refractivity contribution in [3.63, 3.8) is 0 Å². The van der Waals surface area contributed by atoms with Crippen molar-refractivity contribution >= 4 is 21.9 Å². The molecule has 0 N–H and O–H groups in total. The number of nitrogens with zero attached hydrogens (tertiary/aromatic N) is 2. The highest BCUT2D eigenvalue weighted by Gasteiger charge is 2.12. The fourth-order valence-electron chi connectivity index (χ4n) is 3.86. The fourth-order valence-corrected chi connectivity index (χ4v) is 4.35. The van der Waals surface area contributed by atoms with Gasteiger partial charge in [0.05, 0.1) is 16.6 Å². The molecule has 36 heavy (non-hydrogen) atoms. The maximum Gasteiger partial charge on any atom is 0.343 e. The fraction of sp³-hybridized carbons (Fsp3) is 0.433. The van der Waals surface area contributed by atoms with Gasteiger partial charge in [-0.2, -0.15) is 0 Å². The van der Waals surface area contributed by atoms with Crippen LogP contribution in [-0.2, 0) is 6.42 Å². The molecule has 0 aliphatic rings. The molecule has 3 rings (SSSR count). The number of carbonyl (C=O) groups excluding carboxylic acids is 1. The molecular formula is C30H37BrN2O3. The number of benzene rings is 2. The smallest absolute Gasteiger partial charge is 0.343 e. The number of hydrogen-bond donors (Lipinski definition) is 0. The summed E-state index contributed by atoms with van der Waals surface area (Å²) in [4.78, 5) is 21.7. The maximum atomic E-state index is 12.6. The summed E-state index contributed by atoms with van der Waals surface area (Å²) in [5.41, 5.74) is 2.50. The number of rotatable bonds is 15. The number of hydrogen-bond acceptors (Lipinski definition) is 5. The van der Waals surface area contributed by atoms with E-state index in [2.05, 4.69) is 39.7 Å². The summed E-state index contributed by atoms with van der Waals surface area (Å²) in [5, 5.41) is 0. The Morgan fingerprint density at radius 2 is 1.50 bits per heavy atom. The number of carbonyl (C=O) groups is 1. The summed E-state index contributed by atoms with van der Waals surface area (Å²) < 4.78 is 12.2. The number of ether oxygens (including phenoxy) is 2. The number of aryl methyl sites for hydroxylation is 1. The van der Waals surface area contributed by atoms with Crippen LogP contribution in [0.1, 0.15) is 87.6 Å². The van der Waals surface area contributed by atoms with Gasteiger partial charge in [0.15, 0.2) is 5.82 Å². The van der Waals surface area contributed by atoms with Crippen molar-refractivity contribution in [1.29, 1.82) is 0 Å². The molecule has 5 nitrogen and oxygen atoms in total. The van der Waals surface area contributed by atoms with Crippen molar-refractivity contribution in [3.05, 3.63) is 70.5 Å². The van der Waals surface area contributed by atoms with Gasteiger partial charge >= 0.3 is 5.97 Å². The van der Waals surface area contributed by atoms with Crippen molar-refractivity contribution in [2.24, 2.45) is 0 Å². The van der Waals surface area contributed by atoms with Gasteiger partial charge in [0.25, 0.3) is 0 Å². The molecule has 0 amide bonds. The molecule has 3 aromatic rings. The van der Waals surface area contributed by atoms with E-state index in [1.54, 1.807) is 30.3 Å². The molecule has 6 heteroatoms. The average molecular weight is 554 g/mol. The highest BCUT2D eigenvalue weighted by Crippen LogP contribution is 2.27. The lowest BCUT2D eigenvalue weighted by molar-refractivity contribution is 0.0734. The molecule has 0 aliphatic heterocycles. The van der Waals surface area contributed by atoms with Crippen LogP contribution in [0, 0.1) is 0 Å². The predicted molar refractivity (Wildman–Crippen MR) is 149 cm³/mol. The Morgan fingerprint density at radius 3 is 2.17 bits per heavy atom. The topological polar surface area (TPSA) is 61.3 Å². The highest BCUT2D eigenvalue weighted by molar-refractivity contribution is 9.10. The lowest BCUT2D eigenvalue weighted by Crippen LogP contribution is -2.09. The summed E-state index contributed by atoms with van der Waals surface area (Å²) in [7, 11) is 0. The summed E-state index contributed by atoms with van der Waals surface area (Å²) in [6.45, 7) is 5.09. The minimum absolute atomic E-state index is 0.418. The van der Waals surface area contributed by atoms with E-state index in [4.69, 9.17) is 9.47 Å². The number of halogens is 1. The quantitative estimate of drug-likeness (QED) is 0.107. The van der Waals surface area contributed by atoms with Crippen LogP contribution in [-0.4, -0.2) is 22.5 Å². The van der Waals surface area contributed by atoms with Crippen LogP contribution in [0.15, 0.2) is 59.3 Å². The van der Waals surface area contributed by atoms with Gasteiger partial charge in [0, 0.05) is 18.0 Å². The van der Waals surface area contributed by atoms with Crippen molar-refractivity contribution in [1.82, 2.24) is 9.97 Å². The summed E-state index contributed by atoms with van der Waals surface area (Å²) in [6, 6.07) is 12.5. The molecule has 1 aromatic heterocycles. The molecule has 0 aliphatic carbocycles. The molecule has 0 saturated carbocycles. The monoisotopic (exact) mass is 552 g/mol. The van der Waals surface area contributed by atoms with E-state index >= 15 is 0 Å². The van der Waals surface area contributed by atoms with E-state index < -0.39 is 5.97 Å². The molecule has 1 heterocycles. The number of esters is 1. The van der Waals surface area contributed by atoms with Crippen molar-refractivity contribution in [2.75, 3.05) is 6.61 Å². The first kappa shape index (κ1) is 27.9. The molecular weight excluding hydrogens is 516 g/mol. The van der Waals surface area contributed by atoms with E-state index in [-0.39, 0.29) is 0 Å². The van der Waals surface area contributed by atoms with Gasteiger partial charge in [-0.3, -0.25) is 0 Å². The molecule has 0 bridgehead atoms. The van der Waals surface area contributed by atoms with Crippen molar-refractivity contribution < 1.29 is 14.3 Å². The minimum atomic E-state index is -0.418. The van der Waals surface area contributed by atoms with Crippen LogP contribution in [0.3, 0.4) is 0 Å². The second-order valence-corrected chi connectivity index (χ2v) is 9.90. The van der Waals surface area contributed by atoms with E-state index in [1.165, 1.54) is 51.4 Å². The Labute approximate surface area is 223 Å². The molecule has 2 aromatic carbocycles. The van der Waals surface area contributed by atoms with Crippen LogP contribution < -0.4 is 9.47 Å². The summed E-state index contributed by atoms with van der Waals surface area (Å²) in [6.07, 6.45) is 15.7. The third-order valence-electron chi connectivity index (χ3n) is 6.02. The molecule has 0 unspecified atom stereocenters. The van der Waals surface area contributed by atoms with E-state index in [0.29, 0.717) is 23.7 Å². The molecule has 0 saturated heterocycles. The second kappa shape index (κ2) is 15.4. The Hall–Kier alpha value is -2.73. The van der Waals surface area contributed by atoms with Gasteiger partial charge in [-0.15, -0.1) is 0 Å². The largest absolute Gasteiger partial charge is 0.492 e. The van der Waals surface area contributed by atoms with Crippen LogP contribution in [0.2, 0.25) is 0 Å². The predicted octanol–water partition coefficient (Wildman–Crippen LogP) is 8.60. The Bertz CT molecular complexity index is 1070. The zero-order valence-corrected chi connectivity index (χ0v) is 23.1. The molecule has 0 radical (unpaired) electrons. The first-order valence-corrected chi connectivity index (χ1v) is 14.0. The molecule has 0 atom stereocenters. The normalized spacial score (nSPS) is 10.9. The van der Waals surface area contributed by atoms with Gasteiger partial charge < -0.3 is 9.47 Å². The number of aromatic nitrogens is 2. The van der Waals surface area contributed by atoms with Crippen LogP contribution in [0.4, 0.5) is 0 Å². The Kier molecular flexibility index (Phi) is 11.9. The standard InChI is InChI=1S/C30H37BrN2O3/c1-3-5-7-9-11-19-35-28-18-15-25(20-27(28)31)30(34)36-26-16-13-24(14-17-26)29-32-21-23(22-33-29)12-10-8-6-4-2/h13-18,20-22H,3-12,19H2,1-2H3. The second-order valence-electron chi connectivity index (χ2n) is 9.05.